The highest BCUT2D eigenvalue weighted by Gasteiger charge is 2.26. The molecule has 0 unspecified atom stereocenters. The number of hydrogen-bond donors (Lipinski definition) is 1. The number of aromatic nitrogens is 1. The number of nitrogens with zero attached hydrogens (tertiary/aromatic N) is 3. The Bertz CT molecular complexity index is 851. The van der Waals surface area contributed by atoms with Crippen molar-refractivity contribution in [1.82, 2.24) is 19.5 Å². The second-order valence-corrected chi connectivity index (χ2v) is 8.74. The van der Waals surface area contributed by atoms with Crippen molar-refractivity contribution in [2.75, 3.05) is 39.3 Å². The highest BCUT2D eigenvalue weighted by atomic mass is 32.1. The smallest absolute Gasteiger partial charge is 0.274 e. The molecule has 1 aromatic heterocycles. The van der Waals surface area contributed by atoms with Crippen LogP contribution in [0.2, 0.25) is 0 Å². The Morgan fingerprint density at radius 2 is 1.93 bits per heavy atom. The van der Waals surface area contributed by atoms with Gasteiger partial charge in [-0.05, 0) is 43.4 Å². The van der Waals surface area contributed by atoms with Crippen LogP contribution in [0.15, 0.2) is 18.2 Å². The molecular weight excluding hydrogens is 372 g/mol. The van der Waals surface area contributed by atoms with E-state index in [1.165, 1.54) is 24.4 Å². The molecule has 0 radical (unpaired) electrons. The molecule has 1 aromatic carbocycles. The lowest BCUT2D eigenvalue weighted by Crippen LogP contribution is -2.50. The van der Waals surface area contributed by atoms with Crippen molar-refractivity contribution >= 4 is 33.4 Å². The van der Waals surface area contributed by atoms with E-state index in [4.69, 9.17) is 0 Å². The zero-order valence-electron chi connectivity index (χ0n) is 16.4. The predicted octanol–water partition coefficient (Wildman–Crippen LogP) is 2.67. The molecule has 2 aliphatic rings. The maximum atomic E-state index is 12.9. The minimum Gasteiger partial charge on any atom is -0.355 e. The first-order valence-corrected chi connectivity index (χ1v) is 11.0. The second kappa shape index (κ2) is 8.57. The van der Waals surface area contributed by atoms with Gasteiger partial charge in [-0.2, -0.15) is 4.37 Å². The third kappa shape index (κ3) is 4.20. The minimum absolute atomic E-state index is 0.0334. The van der Waals surface area contributed by atoms with Gasteiger partial charge >= 0.3 is 0 Å². The van der Waals surface area contributed by atoms with E-state index in [1.54, 1.807) is 0 Å². The normalized spacial score (nSPS) is 18.7. The quantitative estimate of drug-likeness (QED) is 0.838. The number of rotatable bonds is 5. The molecule has 4 rings (SSSR count). The van der Waals surface area contributed by atoms with Gasteiger partial charge in [0.25, 0.3) is 5.91 Å². The SMILES string of the molecule is Cc1ccc2snc(C(=O)N3CCN(CCNC(=O)C4CCCC4)CC3)c2c1. The van der Waals surface area contributed by atoms with Gasteiger partial charge in [0.2, 0.25) is 5.91 Å². The topological polar surface area (TPSA) is 65.5 Å². The van der Waals surface area contributed by atoms with Crippen LogP contribution in [-0.4, -0.2) is 65.3 Å². The van der Waals surface area contributed by atoms with E-state index in [-0.39, 0.29) is 17.7 Å². The minimum atomic E-state index is 0.0334. The van der Waals surface area contributed by atoms with E-state index in [9.17, 15) is 9.59 Å². The van der Waals surface area contributed by atoms with Crippen molar-refractivity contribution in [1.29, 1.82) is 0 Å². The van der Waals surface area contributed by atoms with Gasteiger partial charge in [-0.15, -0.1) is 0 Å². The number of carbonyl (C=O) groups excluding carboxylic acids is 2. The van der Waals surface area contributed by atoms with Crippen molar-refractivity contribution in [2.24, 2.45) is 5.92 Å². The number of piperazine rings is 1. The first-order chi connectivity index (χ1) is 13.6. The van der Waals surface area contributed by atoms with Crippen LogP contribution >= 0.6 is 11.5 Å². The standard InChI is InChI=1S/C21H28N4O2S/c1-15-6-7-18-17(14-15)19(23-28-18)21(27)25-12-10-24(11-13-25)9-8-22-20(26)16-4-2-3-5-16/h6-7,14,16H,2-5,8-13H2,1H3,(H,22,26). The molecule has 2 aromatic rings. The maximum Gasteiger partial charge on any atom is 0.274 e. The first kappa shape index (κ1) is 19.3. The highest BCUT2D eigenvalue weighted by molar-refractivity contribution is 7.13. The number of carbonyl (C=O) groups is 2. The van der Waals surface area contributed by atoms with E-state index in [0.29, 0.717) is 25.3 Å². The number of amides is 2. The van der Waals surface area contributed by atoms with Crippen molar-refractivity contribution in [3.8, 4) is 0 Å². The molecule has 0 atom stereocenters. The maximum absolute atomic E-state index is 12.9. The van der Waals surface area contributed by atoms with Crippen LogP contribution in [-0.2, 0) is 4.79 Å². The summed E-state index contributed by atoms with van der Waals surface area (Å²) >= 11 is 1.39. The fourth-order valence-corrected chi connectivity index (χ4v) is 4.95. The van der Waals surface area contributed by atoms with Gasteiger partial charge in [0, 0.05) is 50.6 Å². The van der Waals surface area contributed by atoms with E-state index < -0.39 is 0 Å². The third-order valence-electron chi connectivity index (χ3n) is 5.94. The predicted molar refractivity (Wildman–Crippen MR) is 112 cm³/mol. The highest BCUT2D eigenvalue weighted by Crippen LogP contribution is 2.26. The Hall–Kier alpha value is -1.99. The lowest BCUT2D eigenvalue weighted by molar-refractivity contribution is -0.124. The molecule has 1 aliphatic carbocycles. The molecule has 1 N–H and O–H groups in total. The van der Waals surface area contributed by atoms with E-state index >= 15 is 0 Å². The summed E-state index contributed by atoms with van der Waals surface area (Å²) in [5.74, 6) is 0.481. The van der Waals surface area contributed by atoms with Gasteiger partial charge in [-0.1, -0.05) is 24.5 Å². The number of aryl methyl sites for hydroxylation is 1. The molecule has 2 fully saturated rings. The van der Waals surface area contributed by atoms with Crippen LogP contribution in [0.3, 0.4) is 0 Å². The van der Waals surface area contributed by atoms with Crippen LogP contribution in [0.25, 0.3) is 10.1 Å². The van der Waals surface area contributed by atoms with Gasteiger partial charge in [-0.25, -0.2) is 0 Å². The largest absolute Gasteiger partial charge is 0.355 e. The monoisotopic (exact) mass is 400 g/mol. The Kier molecular flexibility index (Phi) is 5.92. The molecule has 1 saturated carbocycles. The number of fused-ring (bicyclic) bond motifs is 1. The van der Waals surface area contributed by atoms with Crippen molar-refractivity contribution in [2.45, 2.75) is 32.6 Å². The van der Waals surface area contributed by atoms with Gasteiger partial charge < -0.3 is 10.2 Å². The Balaban J connectivity index is 1.26. The lowest BCUT2D eigenvalue weighted by Gasteiger charge is -2.34. The fourth-order valence-electron chi connectivity index (χ4n) is 4.20. The van der Waals surface area contributed by atoms with Gasteiger partial charge in [0.05, 0.1) is 4.70 Å². The Morgan fingerprint density at radius 1 is 1.18 bits per heavy atom. The van der Waals surface area contributed by atoms with Crippen LogP contribution < -0.4 is 5.32 Å². The summed E-state index contributed by atoms with van der Waals surface area (Å²) in [7, 11) is 0. The molecule has 150 valence electrons. The van der Waals surface area contributed by atoms with Crippen molar-refractivity contribution in [3.05, 3.63) is 29.5 Å². The molecule has 2 amide bonds. The number of nitrogens with one attached hydrogen (secondary N) is 1. The molecule has 1 saturated heterocycles. The molecule has 7 heteroatoms. The zero-order valence-corrected chi connectivity index (χ0v) is 17.3. The lowest BCUT2D eigenvalue weighted by atomic mass is 10.1. The van der Waals surface area contributed by atoms with Crippen molar-refractivity contribution < 1.29 is 9.59 Å². The molecule has 6 nitrogen and oxygen atoms in total. The average molecular weight is 401 g/mol. The van der Waals surface area contributed by atoms with Crippen LogP contribution in [0.4, 0.5) is 0 Å². The van der Waals surface area contributed by atoms with Crippen LogP contribution in [0.5, 0.6) is 0 Å². The van der Waals surface area contributed by atoms with Gasteiger partial charge in [-0.3, -0.25) is 14.5 Å². The summed E-state index contributed by atoms with van der Waals surface area (Å²) in [4.78, 5) is 29.3. The fraction of sp³-hybridized carbons (Fsp3) is 0.571. The van der Waals surface area contributed by atoms with Gasteiger partial charge in [0.15, 0.2) is 0 Å². The molecule has 0 bridgehead atoms. The Morgan fingerprint density at radius 3 is 2.68 bits per heavy atom. The molecular formula is C21H28N4O2S. The van der Waals surface area contributed by atoms with E-state index in [1.807, 2.05) is 17.9 Å². The second-order valence-electron chi connectivity index (χ2n) is 7.94. The van der Waals surface area contributed by atoms with Crippen molar-refractivity contribution in [3.63, 3.8) is 0 Å². The summed E-state index contributed by atoms with van der Waals surface area (Å²) in [5.41, 5.74) is 1.73. The molecule has 1 aliphatic heterocycles. The first-order valence-electron chi connectivity index (χ1n) is 10.3. The summed E-state index contributed by atoms with van der Waals surface area (Å²) in [6.45, 7) is 6.67. The Labute approximate surface area is 170 Å². The molecule has 28 heavy (non-hydrogen) atoms. The molecule has 2 heterocycles. The molecule has 0 spiro atoms. The summed E-state index contributed by atoms with van der Waals surface area (Å²) in [6.07, 6.45) is 4.44. The number of hydrogen-bond acceptors (Lipinski definition) is 5. The number of benzene rings is 1. The van der Waals surface area contributed by atoms with Crippen LogP contribution in [0, 0.1) is 12.8 Å². The average Bonchev–Trinajstić information content (AvgIpc) is 3.38. The summed E-state index contributed by atoms with van der Waals surface area (Å²) < 4.78 is 5.49. The van der Waals surface area contributed by atoms with Crippen LogP contribution in [0.1, 0.15) is 41.7 Å². The van der Waals surface area contributed by atoms with E-state index in [2.05, 4.69) is 26.7 Å². The summed E-state index contributed by atoms with van der Waals surface area (Å²) in [5, 5.41) is 4.05. The van der Waals surface area contributed by atoms with E-state index in [0.717, 1.165) is 48.1 Å². The summed E-state index contributed by atoms with van der Waals surface area (Å²) in [6, 6.07) is 6.14. The van der Waals surface area contributed by atoms with Gasteiger partial charge in [0.1, 0.15) is 5.69 Å². The zero-order chi connectivity index (χ0) is 19.5. The third-order valence-corrected chi connectivity index (χ3v) is 6.77.